The lowest BCUT2D eigenvalue weighted by molar-refractivity contribution is -0.691. The van der Waals surface area contributed by atoms with Crippen molar-refractivity contribution >= 4 is 69.5 Å². The third-order valence-corrected chi connectivity index (χ3v) is 8.50. The number of carbonyl (C=O) groups excluding carboxylic acids is 3. The van der Waals surface area contributed by atoms with Crippen LogP contribution in [-0.4, -0.2) is 74.0 Å². The van der Waals surface area contributed by atoms with Crippen LogP contribution in [0.25, 0.3) is 0 Å². The monoisotopic (exact) mass is 578 g/mol. The molecule has 2 aromatic heterocycles. The number of amides is 2. The smallest absolute Gasteiger partial charge is 0.352 e. The van der Waals surface area contributed by atoms with E-state index in [0.29, 0.717) is 17.1 Å². The Bertz CT molecular complexity index is 1330. The molecule has 38 heavy (non-hydrogen) atoms. The number of nitrogen functional groups attached to an aromatic ring is 1. The molecule has 2 amide bonds. The van der Waals surface area contributed by atoms with Gasteiger partial charge in [-0.15, -0.1) is 34.9 Å². The number of nitrogens with one attached hydrogen (secondary N) is 1. The van der Waals surface area contributed by atoms with E-state index in [9.17, 15) is 29.4 Å². The summed E-state index contributed by atoms with van der Waals surface area (Å²) in [4.78, 5) is 59.9. The summed E-state index contributed by atoms with van der Waals surface area (Å²) in [5.41, 5.74) is 6.19. The Kier molecular flexibility index (Phi) is 8.53. The molecule has 2 aliphatic rings. The Hall–Kier alpha value is -3.63. The molecule has 0 bridgehead atoms. The van der Waals surface area contributed by atoms with Gasteiger partial charge >= 0.3 is 5.97 Å². The fourth-order valence-electron chi connectivity index (χ4n) is 3.70. The number of fused-ring (bicyclic) bond motifs is 1. The fraction of sp³-hybridized carbons (Fsp3) is 0.318. The van der Waals surface area contributed by atoms with E-state index in [4.69, 9.17) is 10.6 Å². The molecule has 0 radical (unpaired) electrons. The van der Waals surface area contributed by atoms with Crippen molar-refractivity contribution in [2.75, 3.05) is 23.8 Å². The number of aliphatic carboxylic acids is 2. The molecule has 2 aromatic rings. The molecule has 16 heteroatoms. The van der Waals surface area contributed by atoms with Crippen molar-refractivity contribution in [3.05, 3.63) is 46.9 Å². The van der Waals surface area contributed by atoms with Crippen LogP contribution in [0.3, 0.4) is 0 Å². The van der Waals surface area contributed by atoms with E-state index in [1.807, 2.05) is 0 Å². The number of nitrogens with zero attached hydrogens (tertiary/aromatic N) is 4. The first-order valence-corrected chi connectivity index (χ1v) is 14.0. The van der Waals surface area contributed by atoms with Crippen LogP contribution in [-0.2, 0) is 30.6 Å². The van der Waals surface area contributed by atoms with Gasteiger partial charge in [0.15, 0.2) is 29.8 Å². The summed E-state index contributed by atoms with van der Waals surface area (Å²) in [6.07, 6.45) is 3.18. The minimum atomic E-state index is -1.24. The van der Waals surface area contributed by atoms with Crippen LogP contribution >= 0.6 is 34.9 Å². The number of carboxylic acid groups (broad SMARTS) is 2. The number of carboxylic acids is 2. The molecule has 2 aliphatic heterocycles. The predicted molar refractivity (Wildman–Crippen MR) is 137 cm³/mol. The third-order valence-electron chi connectivity index (χ3n) is 5.39. The number of thioether (sulfide) groups is 2. The second-order valence-corrected chi connectivity index (χ2v) is 11.0. The lowest BCUT2D eigenvalue weighted by Crippen LogP contribution is -2.71. The molecule has 1 saturated heterocycles. The average molecular weight is 579 g/mol. The molecule has 0 unspecified atom stereocenters. The van der Waals surface area contributed by atoms with Crippen LogP contribution in [0, 0.1) is 0 Å². The molecule has 2 atom stereocenters. The van der Waals surface area contributed by atoms with Crippen molar-refractivity contribution in [2.24, 2.45) is 5.16 Å². The predicted octanol–water partition coefficient (Wildman–Crippen LogP) is -0.966. The van der Waals surface area contributed by atoms with Crippen molar-refractivity contribution < 1.29 is 38.8 Å². The van der Waals surface area contributed by atoms with E-state index in [1.54, 1.807) is 36.8 Å². The highest BCUT2D eigenvalue weighted by Crippen LogP contribution is 2.41. The summed E-state index contributed by atoms with van der Waals surface area (Å²) in [6.45, 7) is 1.63. The van der Waals surface area contributed by atoms with Gasteiger partial charge in [0.05, 0.1) is 0 Å². The molecular formula is C22H22N6O7S3. The van der Waals surface area contributed by atoms with Gasteiger partial charge in [0.25, 0.3) is 11.8 Å². The van der Waals surface area contributed by atoms with Crippen molar-refractivity contribution in [3.8, 4) is 0 Å². The maximum atomic E-state index is 13.0. The second-order valence-electron chi connectivity index (χ2n) is 7.91. The molecule has 4 N–H and O–H groups in total. The summed E-state index contributed by atoms with van der Waals surface area (Å²) >= 11 is 3.83. The summed E-state index contributed by atoms with van der Waals surface area (Å²) in [5.74, 6) is -3.03. The first-order valence-electron chi connectivity index (χ1n) is 11.1. The Balaban J connectivity index is 1.45. The second kappa shape index (κ2) is 11.8. The summed E-state index contributed by atoms with van der Waals surface area (Å²) in [6, 6.07) is 2.48. The molecular weight excluding hydrogens is 556 g/mol. The van der Waals surface area contributed by atoms with Gasteiger partial charge in [-0.3, -0.25) is 14.5 Å². The lowest BCUT2D eigenvalue weighted by Gasteiger charge is -2.49. The van der Waals surface area contributed by atoms with Gasteiger partial charge in [0.1, 0.15) is 35.4 Å². The van der Waals surface area contributed by atoms with Gasteiger partial charge < -0.3 is 30.9 Å². The largest absolute Gasteiger partial charge is 0.544 e. The van der Waals surface area contributed by atoms with E-state index in [1.165, 1.54) is 33.0 Å². The zero-order chi connectivity index (χ0) is 27.4. The van der Waals surface area contributed by atoms with E-state index in [-0.39, 0.29) is 35.4 Å². The van der Waals surface area contributed by atoms with E-state index in [0.717, 1.165) is 16.2 Å². The minimum Gasteiger partial charge on any atom is -0.544 e. The number of rotatable bonds is 11. The highest BCUT2D eigenvalue weighted by atomic mass is 32.2. The quantitative estimate of drug-likeness (QED) is 0.0978. The number of oxime groups is 1. The molecule has 1 fully saturated rings. The average Bonchev–Trinajstić information content (AvgIpc) is 3.31. The fourth-order valence-corrected chi connectivity index (χ4v) is 6.62. The van der Waals surface area contributed by atoms with E-state index < -0.39 is 35.2 Å². The van der Waals surface area contributed by atoms with Crippen LogP contribution in [0.15, 0.2) is 51.2 Å². The maximum absolute atomic E-state index is 13.0. The number of hydrogen-bond acceptors (Lipinski definition) is 12. The Morgan fingerprint density at radius 2 is 2.13 bits per heavy atom. The first kappa shape index (κ1) is 27.4. The number of nitrogens with two attached hydrogens (primary N) is 1. The van der Waals surface area contributed by atoms with Crippen LogP contribution in [0.4, 0.5) is 5.13 Å². The van der Waals surface area contributed by atoms with Crippen LogP contribution < -0.4 is 20.7 Å². The molecule has 0 spiro atoms. The minimum absolute atomic E-state index is 0.102. The van der Waals surface area contributed by atoms with Gasteiger partial charge in [-0.25, -0.2) is 9.78 Å². The summed E-state index contributed by atoms with van der Waals surface area (Å²) in [7, 11) is 0. The van der Waals surface area contributed by atoms with Gasteiger partial charge in [-0.1, -0.05) is 5.16 Å². The third kappa shape index (κ3) is 5.92. The number of pyridine rings is 1. The number of aromatic nitrogens is 2. The number of thiazole rings is 1. The number of β-lactam (4-membered cyclic amide) rings is 1. The highest BCUT2D eigenvalue weighted by molar-refractivity contribution is 8.01. The molecule has 0 saturated carbocycles. The normalized spacial score (nSPS) is 19.0. The van der Waals surface area contributed by atoms with Gasteiger partial charge in [0.2, 0.25) is 0 Å². The number of carbonyl (C=O) groups is 4. The van der Waals surface area contributed by atoms with Gasteiger partial charge in [-0.05, 0) is 12.5 Å². The zero-order valence-electron chi connectivity index (χ0n) is 19.9. The number of hydrogen-bond donors (Lipinski definition) is 3. The molecule has 200 valence electrons. The van der Waals surface area contributed by atoms with Crippen LogP contribution in [0.2, 0.25) is 0 Å². The van der Waals surface area contributed by atoms with E-state index >= 15 is 0 Å². The summed E-state index contributed by atoms with van der Waals surface area (Å²) < 4.78 is 1.45. The number of anilines is 1. The molecule has 0 aromatic carbocycles. The van der Waals surface area contributed by atoms with Crippen molar-refractivity contribution in [3.63, 3.8) is 0 Å². The Morgan fingerprint density at radius 3 is 2.74 bits per heavy atom. The summed E-state index contributed by atoms with van der Waals surface area (Å²) in [5, 5.41) is 28.2. The maximum Gasteiger partial charge on any atom is 0.352 e. The molecule has 0 aliphatic carbocycles. The first-order chi connectivity index (χ1) is 18.2. The lowest BCUT2D eigenvalue weighted by atomic mass is 10.0. The van der Waals surface area contributed by atoms with Crippen molar-refractivity contribution in [1.82, 2.24) is 15.2 Å². The molecule has 13 nitrogen and oxygen atoms in total. The zero-order valence-corrected chi connectivity index (χ0v) is 22.3. The van der Waals surface area contributed by atoms with Crippen molar-refractivity contribution in [1.29, 1.82) is 0 Å². The van der Waals surface area contributed by atoms with Crippen molar-refractivity contribution in [2.45, 2.75) is 29.8 Å². The van der Waals surface area contributed by atoms with Gasteiger partial charge in [0, 0.05) is 33.9 Å². The van der Waals surface area contributed by atoms with Crippen LogP contribution in [0.1, 0.15) is 12.6 Å². The Labute approximate surface area is 228 Å². The molecule has 4 heterocycles. The standard InChI is InChI=1S/C22H22N6O7S3/c1-2-35-26-15(13-10-38-22(23)24-13)18(31)25-16-19(32)28-17(21(33)34)11(9-37-20(16)28)8-36-12-3-5-27(6-4-12)7-14(29)30/h3-6,10,16,20H,2,7-9H2,1H3,(H4-,23,24,25,29,30,31,33,34)/b26-15+/t16-,20-/m0/s1. The van der Waals surface area contributed by atoms with Crippen LogP contribution in [0.5, 0.6) is 0 Å². The van der Waals surface area contributed by atoms with Gasteiger partial charge in [-0.2, -0.15) is 4.57 Å². The molecule has 4 rings (SSSR count). The van der Waals surface area contributed by atoms with E-state index in [2.05, 4.69) is 15.5 Å². The highest BCUT2D eigenvalue weighted by Gasteiger charge is 2.54. The SMILES string of the molecule is CCO/N=C(/C(=O)N[C@H]1C(=O)N2C(C(=O)O)=C(CSc3cc[n+](CC(=O)[O-])cc3)CS[C@@H]12)c1csc(N)n1. The topological polar surface area (TPSA) is 191 Å². The Morgan fingerprint density at radius 1 is 1.39 bits per heavy atom.